The van der Waals surface area contributed by atoms with E-state index in [1.54, 1.807) is 0 Å². The van der Waals surface area contributed by atoms with Gasteiger partial charge in [-0.15, -0.1) is 0 Å². The summed E-state index contributed by atoms with van der Waals surface area (Å²) in [6, 6.07) is 15.4. The Bertz CT molecular complexity index is 794. The van der Waals surface area contributed by atoms with E-state index in [1.165, 1.54) is 0 Å². The number of rotatable bonds is 1. The molecular formula is C17H14IrN2O. The number of fused-ring (bicyclic) bond motifs is 3. The molecule has 0 spiro atoms. The minimum atomic E-state index is 0. The van der Waals surface area contributed by atoms with Crippen LogP contribution in [0.1, 0.15) is 0 Å². The summed E-state index contributed by atoms with van der Waals surface area (Å²) in [7, 11) is 2.00. The van der Waals surface area contributed by atoms with Crippen molar-refractivity contribution in [2.45, 2.75) is 0 Å². The van der Waals surface area contributed by atoms with Crippen LogP contribution in [-0.2, 0) is 20.1 Å². The molecule has 4 rings (SSSR count). The Labute approximate surface area is 138 Å². The van der Waals surface area contributed by atoms with E-state index in [-0.39, 0.29) is 27.5 Å². The number of benzene rings is 2. The van der Waals surface area contributed by atoms with Crippen LogP contribution in [0.5, 0.6) is 0 Å². The molecule has 0 fully saturated rings. The van der Waals surface area contributed by atoms with Crippen LogP contribution in [0.2, 0.25) is 0 Å². The Hall–Kier alpha value is -1.90. The molecule has 0 saturated heterocycles. The predicted molar refractivity (Wildman–Crippen MR) is 81.6 cm³/mol. The van der Waals surface area contributed by atoms with Crippen LogP contribution in [0, 0.1) is 20.2 Å². The van der Waals surface area contributed by atoms with Crippen LogP contribution >= 0.6 is 0 Å². The maximum atomic E-state index is 5.99. The van der Waals surface area contributed by atoms with Gasteiger partial charge in [0.1, 0.15) is 12.3 Å². The van der Waals surface area contributed by atoms with Gasteiger partial charge in [-0.25, -0.2) is 0 Å². The van der Waals surface area contributed by atoms with E-state index in [4.69, 9.17) is 4.42 Å². The SMILES string of the molecule is CN1[CH]N(c2[c-]ccc3c2oc2ccccc23)C=C1.[CH2+].[Ir]. The van der Waals surface area contributed by atoms with Crippen molar-refractivity contribution in [3.63, 3.8) is 0 Å². The van der Waals surface area contributed by atoms with Gasteiger partial charge in [0.2, 0.25) is 7.43 Å². The first-order valence-electron chi connectivity index (χ1n) is 6.18. The molecule has 0 amide bonds. The van der Waals surface area contributed by atoms with Crippen molar-refractivity contribution in [2.75, 3.05) is 11.9 Å². The van der Waals surface area contributed by atoms with Gasteiger partial charge in [0.05, 0.1) is 0 Å². The van der Waals surface area contributed by atoms with Crippen molar-refractivity contribution in [1.82, 2.24) is 4.90 Å². The van der Waals surface area contributed by atoms with Gasteiger partial charge in [0.15, 0.2) is 0 Å². The first-order chi connectivity index (χ1) is 9.33. The molecule has 3 nitrogen and oxygen atoms in total. The number of hydrogen-bond donors (Lipinski definition) is 0. The second kappa shape index (κ2) is 5.84. The molecule has 1 aliphatic heterocycles. The fourth-order valence-corrected chi connectivity index (χ4v) is 2.45. The summed E-state index contributed by atoms with van der Waals surface area (Å²) >= 11 is 0. The van der Waals surface area contributed by atoms with Crippen molar-refractivity contribution in [3.8, 4) is 0 Å². The molecule has 2 aromatic carbocycles. The summed E-state index contributed by atoms with van der Waals surface area (Å²) in [4.78, 5) is 4.01. The minimum absolute atomic E-state index is 0. The second-order valence-corrected chi connectivity index (χ2v) is 4.65. The number of furan rings is 1. The molecule has 2 heterocycles. The van der Waals surface area contributed by atoms with Crippen LogP contribution in [-0.4, -0.2) is 11.9 Å². The number of para-hydroxylation sites is 1. The first-order valence-corrected chi connectivity index (χ1v) is 6.18. The van der Waals surface area contributed by atoms with E-state index in [0.29, 0.717) is 0 Å². The third-order valence-corrected chi connectivity index (χ3v) is 3.35. The molecule has 4 heteroatoms. The van der Waals surface area contributed by atoms with E-state index in [9.17, 15) is 0 Å². The average molecular weight is 455 g/mol. The van der Waals surface area contributed by atoms with Crippen LogP contribution in [0.25, 0.3) is 21.9 Å². The fourth-order valence-electron chi connectivity index (χ4n) is 2.45. The number of anilines is 1. The normalized spacial score (nSPS) is 13.6. The number of nitrogens with zero attached hydrogens (tertiary/aromatic N) is 2. The Kier molecular flexibility index (Phi) is 4.31. The van der Waals surface area contributed by atoms with E-state index in [1.807, 2.05) is 66.2 Å². The summed E-state index contributed by atoms with van der Waals surface area (Å²) in [5.74, 6) is 0. The largest absolute Gasteiger partial charge is 0.513 e. The fraction of sp³-hybridized carbons (Fsp3) is 0.0588. The van der Waals surface area contributed by atoms with Gasteiger partial charge >= 0.3 is 0 Å². The van der Waals surface area contributed by atoms with Crippen LogP contribution in [0.15, 0.2) is 53.2 Å². The molecular weight excluding hydrogens is 440 g/mol. The van der Waals surface area contributed by atoms with Crippen LogP contribution < -0.4 is 4.90 Å². The van der Waals surface area contributed by atoms with Gasteiger partial charge < -0.3 is 14.2 Å². The Balaban J connectivity index is 0.000000807. The van der Waals surface area contributed by atoms with Gasteiger partial charge in [-0.05, 0) is 11.8 Å². The maximum Gasteiger partial charge on any atom is 0.239 e. The van der Waals surface area contributed by atoms with Crippen LogP contribution in [0.4, 0.5) is 5.69 Å². The zero-order chi connectivity index (χ0) is 12.8. The van der Waals surface area contributed by atoms with E-state index >= 15 is 0 Å². The molecule has 1 aromatic heterocycles. The topological polar surface area (TPSA) is 19.6 Å². The Morgan fingerprint density at radius 3 is 2.62 bits per heavy atom. The van der Waals surface area contributed by atoms with Crippen molar-refractivity contribution >= 4 is 27.6 Å². The maximum absolute atomic E-state index is 5.99. The molecule has 21 heavy (non-hydrogen) atoms. The second-order valence-electron chi connectivity index (χ2n) is 4.65. The molecule has 3 aromatic rings. The monoisotopic (exact) mass is 455 g/mol. The zero-order valence-corrected chi connectivity index (χ0v) is 13.9. The van der Waals surface area contributed by atoms with Gasteiger partial charge in [-0.3, -0.25) is 0 Å². The molecule has 0 saturated carbocycles. The third kappa shape index (κ3) is 2.41. The number of hydrogen-bond acceptors (Lipinski definition) is 3. The standard InChI is InChI=1S/C16H12N2O.CH2.Ir/c1-17-9-10-18(11-17)14-7-4-6-13-12-5-2-3-8-15(12)19-16(13)14;;/h2-6,8-11H,1H3;1H2;/q-1;+1;. The Morgan fingerprint density at radius 1 is 1.05 bits per heavy atom. The predicted octanol–water partition coefficient (Wildman–Crippen LogP) is 4.05. The summed E-state index contributed by atoms with van der Waals surface area (Å²) < 4.78 is 5.99. The molecule has 107 valence electrons. The van der Waals surface area contributed by atoms with Crippen molar-refractivity contribution in [1.29, 1.82) is 0 Å². The summed E-state index contributed by atoms with van der Waals surface area (Å²) in [5.41, 5.74) is 2.73. The van der Waals surface area contributed by atoms with Crippen molar-refractivity contribution in [2.24, 2.45) is 0 Å². The minimum Gasteiger partial charge on any atom is -0.513 e. The molecule has 3 radical (unpaired) electrons. The van der Waals surface area contributed by atoms with Crippen molar-refractivity contribution < 1.29 is 24.5 Å². The molecule has 1 aliphatic rings. The zero-order valence-electron chi connectivity index (χ0n) is 11.5. The third-order valence-electron chi connectivity index (χ3n) is 3.35. The van der Waals surface area contributed by atoms with E-state index in [0.717, 1.165) is 27.6 Å². The molecule has 0 N–H and O–H groups in total. The molecule has 0 unspecified atom stereocenters. The molecule has 0 bridgehead atoms. The van der Waals surface area contributed by atoms with Gasteiger partial charge in [0, 0.05) is 50.5 Å². The van der Waals surface area contributed by atoms with Crippen molar-refractivity contribution in [3.05, 3.63) is 69.0 Å². The van der Waals surface area contributed by atoms with E-state index < -0.39 is 0 Å². The summed E-state index contributed by atoms with van der Waals surface area (Å²) in [5, 5.41) is 2.27. The molecule has 0 aliphatic carbocycles. The summed E-state index contributed by atoms with van der Waals surface area (Å²) in [6.45, 7) is 2.00. The van der Waals surface area contributed by atoms with Gasteiger partial charge in [-0.2, -0.15) is 18.2 Å². The smallest absolute Gasteiger partial charge is 0.239 e. The summed E-state index contributed by atoms with van der Waals surface area (Å²) in [6.07, 6.45) is 3.99. The van der Waals surface area contributed by atoms with Crippen LogP contribution in [0.3, 0.4) is 0 Å². The van der Waals surface area contributed by atoms with Gasteiger partial charge in [-0.1, -0.05) is 23.6 Å². The molecule has 0 atom stereocenters. The Morgan fingerprint density at radius 2 is 1.86 bits per heavy atom. The first kappa shape index (κ1) is 15.5. The van der Waals surface area contributed by atoms with Gasteiger partial charge in [0.25, 0.3) is 0 Å². The average Bonchev–Trinajstić information content (AvgIpc) is 3.02. The quantitative estimate of drug-likeness (QED) is 0.518. The van der Waals surface area contributed by atoms with E-state index in [2.05, 4.69) is 12.1 Å².